The number of aliphatic imine (C=N–C) groups is 1. The molecule has 1 aliphatic carbocycles. The van der Waals surface area contributed by atoms with Gasteiger partial charge in [-0.25, -0.2) is 4.99 Å². The summed E-state index contributed by atoms with van der Waals surface area (Å²) < 4.78 is 0. The maximum atomic E-state index is 13.3. The number of nitrogens with zero attached hydrogens (tertiary/aromatic N) is 2. The van der Waals surface area contributed by atoms with Crippen LogP contribution in [-0.2, 0) is 4.79 Å². The third kappa shape index (κ3) is 5.20. The highest BCUT2D eigenvalue weighted by Crippen LogP contribution is 2.30. The zero-order valence-electron chi connectivity index (χ0n) is 18.8. The number of nitrogens with one attached hydrogen (secondary N) is 2. The van der Waals surface area contributed by atoms with Gasteiger partial charge >= 0.3 is 0 Å². The molecule has 8 heteroatoms. The zero-order chi connectivity index (χ0) is 23.5. The van der Waals surface area contributed by atoms with Crippen molar-refractivity contribution in [2.45, 2.75) is 44.8 Å². The minimum absolute atomic E-state index is 0.193. The van der Waals surface area contributed by atoms with Gasteiger partial charge in [0.25, 0.3) is 5.91 Å². The highest BCUT2D eigenvalue weighted by molar-refractivity contribution is 7.80. The summed E-state index contributed by atoms with van der Waals surface area (Å²) in [5, 5.41) is 7.51. The quantitative estimate of drug-likeness (QED) is 0.574. The fraction of sp³-hybridized carbons (Fsp3) is 0.320. The number of nitrogens with two attached hydrogens (primary N) is 1. The van der Waals surface area contributed by atoms with E-state index in [1.165, 1.54) is 5.57 Å². The summed E-state index contributed by atoms with van der Waals surface area (Å²) in [6.07, 6.45) is 2.96. The third-order valence-electron chi connectivity index (χ3n) is 6.19. The summed E-state index contributed by atoms with van der Waals surface area (Å²) in [5.74, 6) is -0.193. The maximum absolute atomic E-state index is 13.3. The fourth-order valence-corrected chi connectivity index (χ4v) is 4.77. The lowest BCUT2D eigenvalue weighted by molar-refractivity contribution is -0.119. The molecule has 1 amide bonds. The lowest BCUT2D eigenvalue weighted by atomic mass is 9.90. The Morgan fingerprint density at radius 2 is 1.85 bits per heavy atom. The van der Waals surface area contributed by atoms with Crippen molar-refractivity contribution in [1.82, 2.24) is 10.6 Å². The van der Waals surface area contributed by atoms with Gasteiger partial charge in [-0.1, -0.05) is 47.5 Å². The molecule has 0 bridgehead atoms. The highest BCUT2D eigenvalue weighted by atomic mass is 35.5. The van der Waals surface area contributed by atoms with Gasteiger partial charge in [-0.3, -0.25) is 4.79 Å². The van der Waals surface area contributed by atoms with Crippen molar-refractivity contribution >= 4 is 46.2 Å². The van der Waals surface area contributed by atoms with Gasteiger partial charge in [-0.05, 0) is 63.0 Å². The molecule has 0 radical (unpaired) electrons. The molecule has 2 aromatic rings. The van der Waals surface area contributed by atoms with Crippen molar-refractivity contribution < 1.29 is 4.79 Å². The monoisotopic (exact) mass is 481 g/mol. The lowest BCUT2D eigenvalue weighted by Crippen LogP contribution is -2.51. The molecule has 172 valence electrons. The molecule has 1 heterocycles. The summed E-state index contributed by atoms with van der Waals surface area (Å²) in [4.78, 5) is 19.8. The number of hydrogen-bond donors (Lipinski definition) is 3. The van der Waals surface area contributed by atoms with E-state index in [1.54, 1.807) is 18.0 Å². The number of carbonyl (C=O) groups is 1. The molecule has 0 aromatic heterocycles. The predicted molar refractivity (Wildman–Crippen MR) is 139 cm³/mol. The average Bonchev–Trinajstić information content (AvgIpc) is 2.90. The van der Waals surface area contributed by atoms with Gasteiger partial charge in [0, 0.05) is 34.9 Å². The van der Waals surface area contributed by atoms with Crippen molar-refractivity contribution in [2.24, 2.45) is 10.7 Å². The van der Waals surface area contributed by atoms with Gasteiger partial charge in [0.15, 0.2) is 5.11 Å². The molecule has 1 fully saturated rings. The number of amides is 1. The Balaban J connectivity index is 1.59. The van der Waals surface area contributed by atoms with Gasteiger partial charge in [-0.15, -0.1) is 0 Å². The molecule has 1 unspecified atom stereocenters. The number of thiocarbonyl (C=S) groups is 1. The second-order valence-electron chi connectivity index (χ2n) is 8.48. The van der Waals surface area contributed by atoms with Crippen molar-refractivity contribution in [3.63, 3.8) is 0 Å². The van der Waals surface area contributed by atoms with E-state index in [2.05, 4.69) is 10.6 Å². The van der Waals surface area contributed by atoms with E-state index < -0.39 is 6.17 Å². The number of likely N-dealkylation sites (N-methyl/N-ethyl adjacent to an activating group) is 1. The normalized spacial score (nSPS) is 20.5. The first-order valence-electron chi connectivity index (χ1n) is 11.1. The van der Waals surface area contributed by atoms with E-state index in [0.29, 0.717) is 15.8 Å². The molecule has 6 nitrogen and oxygen atoms in total. The Bertz CT molecular complexity index is 1120. The third-order valence-corrected chi connectivity index (χ3v) is 6.67. The standard InChI is InChI=1S/C25H28ClN5OS/c1-15(27)16-8-11-19(12-9-16)28-25(33)30-23-24(32)31(2)21-13-10-18(26)14-20(21)22(29-23)17-6-4-3-5-7-17/h3-7,10,13-14,19,23H,8-9,11-12,27H2,1-2H3,(H2,28,30,33). The van der Waals surface area contributed by atoms with Gasteiger partial charge in [0.1, 0.15) is 0 Å². The van der Waals surface area contributed by atoms with Crippen LogP contribution in [0.15, 0.2) is 64.8 Å². The molecular formula is C25H28ClN5OS. The lowest BCUT2D eigenvalue weighted by Gasteiger charge is -2.28. The van der Waals surface area contributed by atoms with Crippen LogP contribution in [0, 0.1) is 0 Å². The molecule has 2 aromatic carbocycles. The van der Waals surface area contributed by atoms with Crippen LogP contribution in [0.3, 0.4) is 0 Å². The molecule has 1 aliphatic heterocycles. The molecule has 0 saturated heterocycles. The first-order chi connectivity index (χ1) is 15.8. The first kappa shape index (κ1) is 23.3. The van der Waals surface area contributed by atoms with Crippen molar-refractivity contribution in [3.8, 4) is 0 Å². The van der Waals surface area contributed by atoms with Gasteiger partial charge in [0.05, 0.1) is 11.4 Å². The molecular weight excluding hydrogens is 454 g/mol. The molecule has 1 atom stereocenters. The number of hydrogen-bond acceptors (Lipinski definition) is 4. The second-order valence-corrected chi connectivity index (χ2v) is 9.33. The Hall–Kier alpha value is -2.90. The first-order valence-corrected chi connectivity index (χ1v) is 11.8. The number of carbonyl (C=O) groups excluding carboxylic acids is 1. The smallest absolute Gasteiger partial charge is 0.272 e. The maximum Gasteiger partial charge on any atom is 0.272 e. The zero-order valence-corrected chi connectivity index (χ0v) is 20.3. The SMILES string of the molecule is CC(N)=C1CCC(NC(=S)NC2N=C(c3ccccc3)c3cc(Cl)ccc3N(C)C2=O)CC1. The molecule has 4 rings (SSSR count). The van der Waals surface area contributed by atoms with Gasteiger partial charge in [-0.2, -0.15) is 0 Å². The summed E-state index contributed by atoms with van der Waals surface area (Å²) >= 11 is 11.9. The number of allylic oxidation sites excluding steroid dienone is 2. The Kier molecular flexibility index (Phi) is 7.00. The van der Waals surface area contributed by atoms with Crippen LogP contribution in [0.1, 0.15) is 43.7 Å². The van der Waals surface area contributed by atoms with E-state index in [1.807, 2.05) is 49.4 Å². The van der Waals surface area contributed by atoms with Crippen LogP contribution in [-0.4, -0.2) is 36.0 Å². The number of benzene rings is 2. The van der Waals surface area contributed by atoms with Crippen LogP contribution in [0.2, 0.25) is 5.02 Å². The molecule has 33 heavy (non-hydrogen) atoms. The van der Waals surface area contributed by atoms with Crippen LogP contribution in [0.5, 0.6) is 0 Å². The molecule has 2 aliphatic rings. The summed E-state index contributed by atoms with van der Waals surface area (Å²) in [5.41, 5.74) is 11.3. The van der Waals surface area contributed by atoms with E-state index in [9.17, 15) is 4.79 Å². The number of halogens is 1. The Morgan fingerprint density at radius 1 is 1.15 bits per heavy atom. The van der Waals surface area contributed by atoms with E-state index in [4.69, 9.17) is 34.5 Å². The van der Waals surface area contributed by atoms with E-state index in [0.717, 1.165) is 48.2 Å². The highest BCUT2D eigenvalue weighted by Gasteiger charge is 2.31. The number of fused-ring (bicyclic) bond motifs is 1. The van der Waals surface area contributed by atoms with Gasteiger partial charge < -0.3 is 21.3 Å². The van der Waals surface area contributed by atoms with Crippen LogP contribution >= 0.6 is 23.8 Å². The van der Waals surface area contributed by atoms with Crippen LogP contribution in [0.25, 0.3) is 0 Å². The largest absolute Gasteiger partial charge is 0.402 e. The number of anilines is 1. The van der Waals surface area contributed by atoms with Crippen LogP contribution in [0.4, 0.5) is 5.69 Å². The topological polar surface area (TPSA) is 82.8 Å². The molecule has 4 N–H and O–H groups in total. The average molecular weight is 482 g/mol. The molecule has 0 spiro atoms. The Morgan fingerprint density at radius 3 is 2.52 bits per heavy atom. The fourth-order valence-electron chi connectivity index (χ4n) is 4.32. The van der Waals surface area contributed by atoms with Crippen molar-refractivity contribution in [3.05, 3.63) is 76.0 Å². The van der Waals surface area contributed by atoms with Gasteiger partial charge in [0.2, 0.25) is 6.17 Å². The van der Waals surface area contributed by atoms with Crippen LogP contribution < -0.4 is 21.3 Å². The van der Waals surface area contributed by atoms with Crippen molar-refractivity contribution in [2.75, 3.05) is 11.9 Å². The second kappa shape index (κ2) is 9.93. The van der Waals surface area contributed by atoms with Crippen molar-refractivity contribution in [1.29, 1.82) is 0 Å². The van der Waals surface area contributed by atoms with E-state index >= 15 is 0 Å². The Labute approximate surface area is 204 Å². The minimum atomic E-state index is -0.860. The summed E-state index contributed by atoms with van der Waals surface area (Å²) in [6, 6.07) is 15.5. The summed E-state index contributed by atoms with van der Waals surface area (Å²) in [6.45, 7) is 1.96. The minimum Gasteiger partial charge on any atom is -0.402 e. The number of benzodiazepines with no additional fused rings is 1. The summed E-state index contributed by atoms with van der Waals surface area (Å²) in [7, 11) is 1.74. The molecule has 1 saturated carbocycles. The van der Waals surface area contributed by atoms with E-state index in [-0.39, 0.29) is 11.9 Å². The number of rotatable bonds is 3. The predicted octanol–water partition coefficient (Wildman–Crippen LogP) is 4.12.